The molecule has 2 aromatic rings. The van der Waals surface area contributed by atoms with E-state index in [1.54, 1.807) is 17.0 Å². The molecule has 0 aliphatic carbocycles. The van der Waals surface area contributed by atoms with E-state index in [2.05, 4.69) is 5.32 Å². The Morgan fingerprint density at radius 2 is 1.67 bits per heavy atom. The Balaban J connectivity index is 1.94. The van der Waals surface area contributed by atoms with Gasteiger partial charge in [0.15, 0.2) is 0 Å². The lowest BCUT2D eigenvalue weighted by Gasteiger charge is -2.22. The number of hydrogen-bond donors (Lipinski definition) is 1. The molecule has 2 rings (SSSR count). The summed E-state index contributed by atoms with van der Waals surface area (Å²) in [7, 11) is 3.96. The predicted octanol–water partition coefficient (Wildman–Crippen LogP) is 3.84. The van der Waals surface area contributed by atoms with Crippen molar-refractivity contribution >= 4 is 40.7 Å². The first-order valence-electron chi connectivity index (χ1n) is 8.59. The molecule has 0 saturated heterocycles. The number of carbonyl (C=O) groups is 2. The first kappa shape index (κ1) is 21.1. The average molecular weight is 408 g/mol. The molecule has 0 fully saturated rings. The Morgan fingerprint density at radius 3 is 2.22 bits per heavy atom. The van der Waals surface area contributed by atoms with Gasteiger partial charge in [0.2, 0.25) is 5.91 Å². The minimum atomic E-state index is -0.367. The summed E-state index contributed by atoms with van der Waals surface area (Å²) in [6.07, 6.45) is 0. The van der Waals surface area contributed by atoms with Crippen LogP contribution in [-0.4, -0.2) is 43.9 Å². The number of amides is 2. The van der Waals surface area contributed by atoms with E-state index in [1.807, 2.05) is 50.2 Å². The van der Waals surface area contributed by atoms with Crippen molar-refractivity contribution < 1.29 is 9.59 Å². The maximum Gasteiger partial charge on any atom is 0.251 e. The molecule has 144 valence electrons. The largest absolute Gasteiger partial charge is 0.378 e. The molecule has 0 saturated carbocycles. The molecular weight excluding hydrogens is 385 g/mol. The summed E-state index contributed by atoms with van der Waals surface area (Å²) in [6.45, 7) is 2.87. The third kappa shape index (κ3) is 5.88. The molecular formula is C20H23Cl2N3O2. The van der Waals surface area contributed by atoms with Gasteiger partial charge < -0.3 is 15.1 Å². The van der Waals surface area contributed by atoms with Gasteiger partial charge in [-0.05, 0) is 42.8 Å². The summed E-state index contributed by atoms with van der Waals surface area (Å²) in [5, 5.41) is 3.31. The molecule has 0 aliphatic rings. The van der Waals surface area contributed by atoms with Crippen molar-refractivity contribution in [2.45, 2.75) is 13.5 Å². The molecule has 0 aliphatic heterocycles. The highest BCUT2D eigenvalue weighted by molar-refractivity contribution is 6.42. The maximum atomic E-state index is 12.5. The molecule has 27 heavy (non-hydrogen) atoms. The lowest BCUT2D eigenvalue weighted by Crippen LogP contribution is -2.39. The van der Waals surface area contributed by atoms with Gasteiger partial charge >= 0.3 is 0 Å². The van der Waals surface area contributed by atoms with Crippen LogP contribution < -0.4 is 10.2 Å². The van der Waals surface area contributed by atoms with Crippen LogP contribution in [0, 0.1) is 0 Å². The normalized spacial score (nSPS) is 10.4. The fourth-order valence-corrected chi connectivity index (χ4v) is 2.80. The fraction of sp³-hybridized carbons (Fsp3) is 0.300. The van der Waals surface area contributed by atoms with E-state index < -0.39 is 0 Å². The summed E-state index contributed by atoms with van der Waals surface area (Å²) in [5.74, 6) is -0.518. The van der Waals surface area contributed by atoms with Crippen LogP contribution in [-0.2, 0) is 11.3 Å². The van der Waals surface area contributed by atoms with E-state index >= 15 is 0 Å². The minimum Gasteiger partial charge on any atom is -0.378 e. The van der Waals surface area contributed by atoms with Crippen LogP contribution in [0.15, 0.2) is 42.5 Å². The Morgan fingerprint density at radius 1 is 1.00 bits per heavy atom. The molecule has 2 amide bonds. The van der Waals surface area contributed by atoms with E-state index in [4.69, 9.17) is 23.2 Å². The second kappa shape index (κ2) is 9.62. The fourth-order valence-electron chi connectivity index (χ4n) is 2.50. The Labute approximate surface area is 169 Å². The van der Waals surface area contributed by atoms with Crippen LogP contribution in [0.4, 0.5) is 5.69 Å². The molecule has 0 bridgehead atoms. The van der Waals surface area contributed by atoms with Gasteiger partial charge in [-0.2, -0.15) is 0 Å². The summed E-state index contributed by atoms with van der Waals surface area (Å²) >= 11 is 11.8. The van der Waals surface area contributed by atoms with Gasteiger partial charge in [-0.25, -0.2) is 0 Å². The quantitative estimate of drug-likeness (QED) is 0.758. The smallest absolute Gasteiger partial charge is 0.251 e. The summed E-state index contributed by atoms with van der Waals surface area (Å²) in [4.78, 5) is 28.4. The van der Waals surface area contributed by atoms with Crippen molar-refractivity contribution in [3.8, 4) is 0 Å². The number of nitrogens with one attached hydrogen (secondary N) is 1. The Hall–Kier alpha value is -2.24. The molecule has 0 heterocycles. The zero-order chi connectivity index (χ0) is 20.0. The van der Waals surface area contributed by atoms with Gasteiger partial charge in [0.25, 0.3) is 5.91 Å². The van der Waals surface area contributed by atoms with E-state index in [0.29, 0.717) is 28.7 Å². The molecule has 0 unspecified atom stereocenters. The van der Waals surface area contributed by atoms with Gasteiger partial charge in [-0.3, -0.25) is 9.59 Å². The first-order chi connectivity index (χ1) is 12.8. The number of hydrogen-bond acceptors (Lipinski definition) is 3. The van der Waals surface area contributed by atoms with Crippen molar-refractivity contribution in [3.05, 3.63) is 63.6 Å². The molecule has 0 radical (unpaired) electrons. The van der Waals surface area contributed by atoms with Crippen molar-refractivity contribution in [3.63, 3.8) is 0 Å². The number of likely N-dealkylation sites (N-methyl/N-ethyl adjacent to an activating group) is 1. The van der Waals surface area contributed by atoms with Crippen LogP contribution in [0.1, 0.15) is 22.8 Å². The van der Waals surface area contributed by atoms with Gasteiger partial charge in [0.1, 0.15) is 0 Å². The number of carbonyl (C=O) groups excluding carboxylic acids is 2. The summed E-state index contributed by atoms with van der Waals surface area (Å²) in [5.41, 5.74) is 2.49. The number of anilines is 1. The SMILES string of the molecule is CCN(Cc1ccc(N(C)C)cc1)C(=O)CNC(=O)c1ccc(Cl)c(Cl)c1. The van der Waals surface area contributed by atoms with Gasteiger partial charge in [-0.1, -0.05) is 35.3 Å². The second-order valence-electron chi connectivity index (χ2n) is 6.28. The first-order valence-corrected chi connectivity index (χ1v) is 9.34. The monoisotopic (exact) mass is 407 g/mol. The highest BCUT2D eigenvalue weighted by Gasteiger charge is 2.15. The van der Waals surface area contributed by atoms with E-state index in [-0.39, 0.29) is 18.4 Å². The molecule has 2 aromatic carbocycles. The Bertz CT molecular complexity index is 807. The lowest BCUT2D eigenvalue weighted by molar-refractivity contribution is -0.130. The average Bonchev–Trinajstić information content (AvgIpc) is 2.66. The van der Waals surface area contributed by atoms with E-state index in [9.17, 15) is 9.59 Å². The number of benzene rings is 2. The highest BCUT2D eigenvalue weighted by atomic mass is 35.5. The molecule has 1 N–H and O–H groups in total. The zero-order valence-corrected chi connectivity index (χ0v) is 17.1. The van der Waals surface area contributed by atoms with Gasteiger partial charge in [-0.15, -0.1) is 0 Å². The molecule has 0 aromatic heterocycles. The van der Waals surface area contributed by atoms with E-state index in [0.717, 1.165) is 11.3 Å². The summed E-state index contributed by atoms with van der Waals surface area (Å²) in [6, 6.07) is 12.6. The maximum absolute atomic E-state index is 12.5. The highest BCUT2D eigenvalue weighted by Crippen LogP contribution is 2.22. The van der Waals surface area contributed by atoms with Crippen LogP contribution in [0.25, 0.3) is 0 Å². The summed E-state index contributed by atoms with van der Waals surface area (Å²) < 4.78 is 0. The Kier molecular flexibility index (Phi) is 7.51. The van der Waals surface area contributed by atoms with Crippen LogP contribution >= 0.6 is 23.2 Å². The zero-order valence-electron chi connectivity index (χ0n) is 15.6. The van der Waals surface area contributed by atoms with Crippen LogP contribution in [0.5, 0.6) is 0 Å². The van der Waals surface area contributed by atoms with Crippen molar-refractivity contribution in [2.24, 2.45) is 0 Å². The van der Waals surface area contributed by atoms with Crippen LogP contribution in [0.3, 0.4) is 0 Å². The molecule has 0 atom stereocenters. The van der Waals surface area contributed by atoms with Crippen molar-refractivity contribution in [1.82, 2.24) is 10.2 Å². The second-order valence-corrected chi connectivity index (χ2v) is 7.09. The van der Waals surface area contributed by atoms with E-state index in [1.165, 1.54) is 6.07 Å². The molecule has 0 spiro atoms. The topological polar surface area (TPSA) is 52.6 Å². The van der Waals surface area contributed by atoms with Crippen LogP contribution in [0.2, 0.25) is 10.0 Å². The number of nitrogens with zero attached hydrogens (tertiary/aromatic N) is 2. The number of halogens is 2. The van der Waals surface area contributed by atoms with Gasteiger partial charge in [0.05, 0.1) is 16.6 Å². The molecule has 5 nitrogen and oxygen atoms in total. The van der Waals surface area contributed by atoms with Gasteiger partial charge in [0, 0.05) is 38.4 Å². The molecule has 7 heteroatoms. The standard InChI is InChI=1S/C20H23Cl2N3O2/c1-4-25(13-14-5-8-16(9-6-14)24(2)3)19(26)12-23-20(27)15-7-10-17(21)18(22)11-15/h5-11H,4,12-13H2,1-3H3,(H,23,27). The third-order valence-electron chi connectivity index (χ3n) is 4.14. The number of rotatable bonds is 7. The third-order valence-corrected chi connectivity index (χ3v) is 4.88. The minimum absolute atomic E-state index is 0.0807. The lowest BCUT2D eigenvalue weighted by atomic mass is 10.2. The predicted molar refractivity (Wildman–Crippen MR) is 111 cm³/mol. The van der Waals surface area contributed by atoms with Crippen molar-refractivity contribution in [1.29, 1.82) is 0 Å². The van der Waals surface area contributed by atoms with Crippen molar-refractivity contribution in [2.75, 3.05) is 32.1 Å².